The fourth-order valence-corrected chi connectivity index (χ4v) is 2.05. The van der Waals surface area contributed by atoms with Crippen LogP contribution in [0.2, 0.25) is 0 Å². The van der Waals surface area contributed by atoms with Crippen molar-refractivity contribution >= 4 is 12.1 Å². The van der Waals surface area contributed by atoms with E-state index in [-0.39, 0.29) is 24.1 Å². The van der Waals surface area contributed by atoms with E-state index in [1.54, 1.807) is 20.8 Å². The summed E-state index contributed by atoms with van der Waals surface area (Å²) in [6.45, 7) is 5.15. The lowest BCUT2D eigenvalue weighted by atomic mass is 9.99. The number of methoxy groups -OCH3 is 1. The first kappa shape index (κ1) is 20.9. The van der Waals surface area contributed by atoms with Gasteiger partial charge in [-0.3, -0.25) is 0 Å². The van der Waals surface area contributed by atoms with Crippen molar-refractivity contribution < 1.29 is 33.7 Å². The first-order valence-electron chi connectivity index (χ1n) is 7.76. The van der Waals surface area contributed by atoms with Crippen LogP contribution in [0.15, 0.2) is 18.2 Å². The third kappa shape index (κ3) is 6.32. The van der Waals surface area contributed by atoms with E-state index in [0.29, 0.717) is 0 Å². The van der Waals surface area contributed by atoms with E-state index >= 15 is 0 Å². The molecule has 25 heavy (non-hydrogen) atoms. The van der Waals surface area contributed by atoms with Gasteiger partial charge in [-0.05, 0) is 33.3 Å². The van der Waals surface area contributed by atoms with E-state index in [0.717, 1.165) is 7.11 Å². The average molecular weight is 357 g/mol. The first-order chi connectivity index (χ1) is 11.6. The minimum atomic E-state index is -1.56. The molecule has 2 atom stereocenters. The Bertz CT molecular complexity index is 614. The van der Waals surface area contributed by atoms with Gasteiger partial charge in [-0.25, -0.2) is 14.0 Å². The van der Waals surface area contributed by atoms with Crippen LogP contribution in [-0.2, 0) is 9.47 Å². The van der Waals surface area contributed by atoms with Crippen LogP contribution in [0, 0.1) is 5.82 Å². The number of aliphatic hydroxyl groups is 2. The smallest absolute Gasteiger partial charge is 0.407 e. The predicted octanol–water partition coefficient (Wildman–Crippen LogP) is 1.92. The monoisotopic (exact) mass is 357 g/mol. The number of alkyl carbamates (subject to hydrolysis) is 1. The number of hydrogen-bond donors (Lipinski definition) is 3. The van der Waals surface area contributed by atoms with Gasteiger partial charge in [0.1, 0.15) is 17.5 Å². The van der Waals surface area contributed by atoms with E-state index < -0.39 is 35.7 Å². The zero-order valence-corrected chi connectivity index (χ0v) is 14.7. The van der Waals surface area contributed by atoms with Gasteiger partial charge < -0.3 is 25.0 Å². The summed E-state index contributed by atoms with van der Waals surface area (Å²) < 4.78 is 23.8. The molecule has 0 spiro atoms. The number of carbonyl (C=O) groups excluding carboxylic acids is 2. The molecule has 0 aliphatic carbocycles. The largest absolute Gasteiger partial charge is 0.465 e. The van der Waals surface area contributed by atoms with Gasteiger partial charge in [0.05, 0.1) is 18.8 Å². The molecule has 0 saturated carbocycles. The van der Waals surface area contributed by atoms with E-state index in [4.69, 9.17) is 4.74 Å². The number of aliphatic hydroxyl groups excluding tert-OH is 2. The summed E-state index contributed by atoms with van der Waals surface area (Å²) >= 11 is 0. The Labute approximate surface area is 145 Å². The third-order valence-corrected chi connectivity index (χ3v) is 3.23. The van der Waals surface area contributed by atoms with Gasteiger partial charge in [0.25, 0.3) is 0 Å². The van der Waals surface area contributed by atoms with Crippen LogP contribution in [0.1, 0.15) is 49.2 Å². The highest BCUT2D eigenvalue weighted by molar-refractivity contribution is 5.89. The topological polar surface area (TPSA) is 105 Å². The molecule has 0 radical (unpaired) electrons. The quantitative estimate of drug-likeness (QED) is 0.672. The van der Waals surface area contributed by atoms with Crippen LogP contribution in [0.3, 0.4) is 0 Å². The molecule has 0 saturated heterocycles. The molecule has 2 unspecified atom stereocenters. The second kappa shape index (κ2) is 8.77. The standard InChI is InChI=1S/C17H24FNO6/c1-17(2,3)25-16(23)19-9-8-12(20)14(21)10-6-5-7-11(13(10)18)15(22)24-4/h5-7,12,14,20-21H,8-9H2,1-4H3,(H,19,23). The van der Waals surface area contributed by atoms with Crippen LogP contribution >= 0.6 is 0 Å². The zero-order chi connectivity index (χ0) is 19.2. The van der Waals surface area contributed by atoms with Crippen molar-refractivity contribution in [3.63, 3.8) is 0 Å². The molecule has 0 aliphatic rings. The van der Waals surface area contributed by atoms with Gasteiger partial charge in [0.15, 0.2) is 0 Å². The molecule has 0 bridgehead atoms. The average Bonchev–Trinajstić information content (AvgIpc) is 2.51. The summed E-state index contributed by atoms with van der Waals surface area (Å²) in [6, 6.07) is 3.85. The zero-order valence-electron chi connectivity index (χ0n) is 14.7. The fourth-order valence-electron chi connectivity index (χ4n) is 2.05. The predicted molar refractivity (Wildman–Crippen MR) is 87.6 cm³/mol. The SMILES string of the molecule is COC(=O)c1cccc(C(O)C(O)CCNC(=O)OC(C)(C)C)c1F. The molecule has 7 nitrogen and oxygen atoms in total. The van der Waals surface area contributed by atoms with Gasteiger partial charge in [-0.1, -0.05) is 12.1 Å². The van der Waals surface area contributed by atoms with Crippen molar-refractivity contribution in [1.29, 1.82) is 0 Å². The fraction of sp³-hybridized carbons (Fsp3) is 0.529. The Morgan fingerprint density at radius 3 is 2.48 bits per heavy atom. The van der Waals surface area contributed by atoms with E-state index in [9.17, 15) is 24.2 Å². The lowest BCUT2D eigenvalue weighted by Gasteiger charge is -2.21. The van der Waals surface area contributed by atoms with Crippen LogP contribution in [0.5, 0.6) is 0 Å². The molecule has 0 heterocycles. The number of rotatable bonds is 6. The molecule has 0 aliphatic heterocycles. The molecule has 1 aromatic carbocycles. The van der Waals surface area contributed by atoms with Gasteiger partial charge in [-0.2, -0.15) is 0 Å². The van der Waals surface area contributed by atoms with Gasteiger partial charge in [-0.15, -0.1) is 0 Å². The highest BCUT2D eigenvalue weighted by Gasteiger charge is 2.25. The maximum Gasteiger partial charge on any atom is 0.407 e. The Hall–Kier alpha value is -2.19. The van der Waals surface area contributed by atoms with Crippen LogP contribution in [-0.4, -0.2) is 47.6 Å². The summed E-state index contributed by atoms with van der Waals surface area (Å²) in [5.74, 6) is -1.84. The molecule has 1 aromatic rings. The maximum absolute atomic E-state index is 14.3. The number of nitrogens with one attached hydrogen (secondary N) is 1. The van der Waals surface area contributed by atoms with Gasteiger partial charge in [0.2, 0.25) is 0 Å². The van der Waals surface area contributed by atoms with Gasteiger partial charge >= 0.3 is 12.1 Å². The van der Waals surface area contributed by atoms with Crippen LogP contribution < -0.4 is 5.32 Å². The highest BCUT2D eigenvalue weighted by atomic mass is 19.1. The van der Waals surface area contributed by atoms with Crippen molar-refractivity contribution in [2.75, 3.05) is 13.7 Å². The number of carbonyl (C=O) groups is 2. The summed E-state index contributed by atoms with van der Waals surface area (Å²) in [6.07, 6.45) is -3.61. The summed E-state index contributed by atoms with van der Waals surface area (Å²) in [5, 5.41) is 22.5. The van der Waals surface area contributed by atoms with Gasteiger partial charge in [0, 0.05) is 12.1 Å². The number of esters is 1. The van der Waals surface area contributed by atoms with Crippen molar-refractivity contribution in [2.24, 2.45) is 0 Å². The number of halogens is 1. The third-order valence-electron chi connectivity index (χ3n) is 3.23. The molecule has 1 amide bonds. The number of amides is 1. The van der Waals surface area contributed by atoms with Crippen molar-refractivity contribution in [3.8, 4) is 0 Å². The normalized spacial score (nSPS) is 13.7. The maximum atomic E-state index is 14.3. The van der Waals surface area contributed by atoms with Crippen molar-refractivity contribution in [3.05, 3.63) is 35.1 Å². The molecular formula is C17H24FNO6. The number of hydrogen-bond acceptors (Lipinski definition) is 6. The number of ether oxygens (including phenoxy) is 2. The number of benzene rings is 1. The van der Waals surface area contributed by atoms with Crippen LogP contribution in [0.4, 0.5) is 9.18 Å². The lowest BCUT2D eigenvalue weighted by molar-refractivity contribution is 0.0102. The highest BCUT2D eigenvalue weighted by Crippen LogP contribution is 2.24. The minimum Gasteiger partial charge on any atom is -0.465 e. The molecule has 8 heteroatoms. The summed E-state index contributed by atoms with van der Waals surface area (Å²) in [5.41, 5.74) is -1.22. The first-order valence-corrected chi connectivity index (χ1v) is 7.76. The minimum absolute atomic E-state index is 0.0193. The summed E-state index contributed by atoms with van der Waals surface area (Å²) in [4.78, 5) is 23.0. The van der Waals surface area contributed by atoms with E-state index in [2.05, 4.69) is 10.1 Å². The van der Waals surface area contributed by atoms with Crippen molar-refractivity contribution in [2.45, 2.75) is 45.0 Å². The second-order valence-corrected chi connectivity index (χ2v) is 6.43. The van der Waals surface area contributed by atoms with Crippen molar-refractivity contribution in [1.82, 2.24) is 5.32 Å². The molecule has 1 rings (SSSR count). The van der Waals surface area contributed by atoms with E-state index in [1.807, 2.05) is 0 Å². The molecule has 0 aromatic heterocycles. The Kier molecular flexibility index (Phi) is 7.32. The molecule has 0 fully saturated rings. The molecular weight excluding hydrogens is 333 g/mol. The van der Waals surface area contributed by atoms with Crippen LogP contribution in [0.25, 0.3) is 0 Å². The Morgan fingerprint density at radius 2 is 1.92 bits per heavy atom. The van der Waals surface area contributed by atoms with E-state index in [1.165, 1.54) is 18.2 Å². The molecule has 140 valence electrons. The Balaban J connectivity index is 2.67. The second-order valence-electron chi connectivity index (χ2n) is 6.43. The lowest BCUT2D eigenvalue weighted by Crippen LogP contribution is -2.34. The molecule has 3 N–H and O–H groups in total. The Morgan fingerprint density at radius 1 is 1.28 bits per heavy atom. The summed E-state index contributed by atoms with van der Waals surface area (Å²) in [7, 11) is 1.11.